The Morgan fingerprint density at radius 2 is 1.97 bits per heavy atom. The highest BCUT2D eigenvalue weighted by molar-refractivity contribution is 14.1. The average molecular weight is 558 g/mol. The molecule has 2 aliphatic rings. The molecule has 0 aromatic heterocycles. The molecule has 2 fully saturated rings. The van der Waals surface area contributed by atoms with Gasteiger partial charge in [0.25, 0.3) is 0 Å². The molecule has 1 aromatic carbocycles. The minimum absolute atomic E-state index is 0.00173. The van der Waals surface area contributed by atoms with Gasteiger partial charge in [-0.2, -0.15) is 0 Å². The van der Waals surface area contributed by atoms with E-state index in [2.05, 4.69) is 29.2 Å². The monoisotopic (exact) mass is 558 g/mol. The molecule has 0 aliphatic carbocycles. The topological polar surface area (TPSA) is 102 Å². The van der Waals surface area contributed by atoms with Gasteiger partial charge in [-0.25, -0.2) is 9.59 Å². The molecule has 7 nitrogen and oxygen atoms in total. The number of halogens is 1. The molecule has 32 heavy (non-hydrogen) atoms. The second kappa shape index (κ2) is 11.0. The molecule has 0 bridgehead atoms. The number of hydrogen-bond donors (Lipinski definition) is 2. The van der Waals surface area contributed by atoms with E-state index in [4.69, 9.17) is 14.2 Å². The maximum Gasteiger partial charge on any atom is 0.339 e. The highest BCUT2D eigenvalue weighted by Gasteiger charge is 2.52. The van der Waals surface area contributed by atoms with Crippen LogP contribution in [0.4, 0.5) is 0 Å². The molecule has 0 saturated carbocycles. The third kappa shape index (κ3) is 5.82. The Labute approximate surface area is 202 Å². The third-order valence-corrected chi connectivity index (χ3v) is 7.65. The van der Waals surface area contributed by atoms with Crippen LogP contribution in [-0.2, 0) is 14.2 Å². The first-order valence-corrected chi connectivity index (χ1v) is 12.5. The summed E-state index contributed by atoms with van der Waals surface area (Å²) in [4.78, 5) is 23.6. The van der Waals surface area contributed by atoms with E-state index in [0.29, 0.717) is 6.42 Å². The molecule has 3 rings (SSSR count). The lowest BCUT2D eigenvalue weighted by molar-refractivity contribution is -0.156. The summed E-state index contributed by atoms with van der Waals surface area (Å²) in [5, 5.41) is 18.9. The van der Waals surface area contributed by atoms with E-state index in [9.17, 15) is 19.8 Å². The molecule has 0 spiro atoms. The van der Waals surface area contributed by atoms with Crippen LogP contribution in [0.5, 0.6) is 0 Å². The highest BCUT2D eigenvalue weighted by atomic mass is 127. The average Bonchev–Trinajstić information content (AvgIpc) is 3.14. The van der Waals surface area contributed by atoms with Crippen LogP contribution >= 0.6 is 22.6 Å². The number of alkyl halides is 1. The number of carboxylic acid groups (broad SMARTS) is 1. The van der Waals surface area contributed by atoms with Crippen molar-refractivity contribution in [2.24, 2.45) is 5.92 Å². The summed E-state index contributed by atoms with van der Waals surface area (Å²) in [5.74, 6) is -1.58. The molecule has 2 heterocycles. The lowest BCUT2D eigenvalue weighted by Crippen LogP contribution is -2.50. The predicted molar refractivity (Wildman–Crippen MR) is 127 cm³/mol. The van der Waals surface area contributed by atoms with E-state index in [0.717, 1.165) is 36.5 Å². The second-order valence-corrected chi connectivity index (χ2v) is 9.49. The van der Waals surface area contributed by atoms with Crippen LogP contribution in [0.25, 0.3) is 0 Å². The van der Waals surface area contributed by atoms with Gasteiger partial charge >= 0.3 is 11.9 Å². The van der Waals surface area contributed by atoms with Crippen LogP contribution in [-0.4, -0.2) is 57.1 Å². The zero-order valence-corrected chi connectivity index (χ0v) is 20.5. The van der Waals surface area contributed by atoms with Gasteiger partial charge < -0.3 is 24.4 Å². The van der Waals surface area contributed by atoms with E-state index in [1.807, 2.05) is 6.92 Å². The van der Waals surface area contributed by atoms with Crippen molar-refractivity contribution >= 4 is 34.5 Å². The van der Waals surface area contributed by atoms with E-state index >= 15 is 0 Å². The lowest BCUT2D eigenvalue weighted by Gasteiger charge is -2.41. The van der Waals surface area contributed by atoms with Crippen molar-refractivity contribution < 1.29 is 34.0 Å². The number of ether oxygens (including phenoxy) is 3. The SMILES string of the molecule is C=C(O)[C@H](C)C[C@H]1CC[C@@H]2O[C@@H](CCCOC(=O)c3ccccc3C(=O)O)C[C@]2(CI)O1. The number of fused-ring (bicyclic) bond motifs is 1. The summed E-state index contributed by atoms with van der Waals surface area (Å²) in [6, 6.07) is 6.04. The summed E-state index contributed by atoms with van der Waals surface area (Å²) < 4.78 is 18.9. The number of aliphatic hydroxyl groups excluding tert-OH is 1. The molecule has 0 amide bonds. The van der Waals surface area contributed by atoms with Gasteiger partial charge in [-0.3, -0.25) is 0 Å². The predicted octanol–water partition coefficient (Wildman–Crippen LogP) is 4.93. The van der Waals surface area contributed by atoms with Crippen molar-refractivity contribution in [2.75, 3.05) is 11.0 Å². The van der Waals surface area contributed by atoms with Gasteiger partial charge in [0, 0.05) is 16.8 Å². The number of esters is 1. The molecule has 2 saturated heterocycles. The number of benzene rings is 1. The van der Waals surface area contributed by atoms with Crippen LogP contribution in [0.2, 0.25) is 0 Å². The molecule has 8 heteroatoms. The Morgan fingerprint density at radius 3 is 2.62 bits per heavy atom. The van der Waals surface area contributed by atoms with Crippen molar-refractivity contribution in [2.45, 2.75) is 69.4 Å². The number of hydrogen-bond acceptors (Lipinski definition) is 6. The van der Waals surface area contributed by atoms with Crippen LogP contribution in [0.3, 0.4) is 0 Å². The third-order valence-electron chi connectivity index (χ3n) is 6.36. The largest absolute Gasteiger partial charge is 0.513 e. The molecule has 176 valence electrons. The van der Waals surface area contributed by atoms with E-state index < -0.39 is 11.9 Å². The summed E-state index contributed by atoms with van der Waals surface area (Å²) in [6.45, 7) is 5.79. The summed E-state index contributed by atoms with van der Waals surface area (Å²) in [5.41, 5.74) is -0.316. The number of carboxylic acids is 1. The van der Waals surface area contributed by atoms with Crippen molar-refractivity contribution in [3.8, 4) is 0 Å². The van der Waals surface area contributed by atoms with E-state index in [1.165, 1.54) is 12.1 Å². The Morgan fingerprint density at radius 1 is 1.25 bits per heavy atom. The minimum Gasteiger partial charge on any atom is -0.513 e. The smallest absolute Gasteiger partial charge is 0.339 e. The number of aliphatic hydroxyl groups is 1. The molecule has 2 N–H and O–H groups in total. The standard InChI is InChI=1S/C24H31IO7/c1-15(16(2)26)12-17-9-10-21-24(14-25,32-17)13-18(31-21)6-5-11-30-23(29)20-8-4-3-7-19(20)22(27)28/h3-4,7-8,15,17-18,21,26H,2,5-6,9-14H2,1H3,(H,27,28)/t15-,17-,18+,21+,24-/m1/s1. The van der Waals surface area contributed by atoms with Crippen LogP contribution in [0.1, 0.15) is 66.2 Å². The molecule has 5 atom stereocenters. The maximum absolute atomic E-state index is 12.3. The van der Waals surface area contributed by atoms with Crippen LogP contribution < -0.4 is 0 Å². The lowest BCUT2D eigenvalue weighted by atomic mass is 9.86. The molecule has 0 radical (unpaired) electrons. The zero-order valence-electron chi connectivity index (χ0n) is 18.3. The van der Waals surface area contributed by atoms with Gasteiger partial charge in [0.15, 0.2) is 0 Å². The van der Waals surface area contributed by atoms with Gasteiger partial charge in [0.1, 0.15) is 5.60 Å². The molecule has 0 unspecified atom stereocenters. The quantitative estimate of drug-likeness (QED) is 0.138. The fourth-order valence-electron chi connectivity index (χ4n) is 4.54. The van der Waals surface area contributed by atoms with E-state index in [-0.39, 0.29) is 53.3 Å². The summed E-state index contributed by atoms with van der Waals surface area (Å²) in [7, 11) is 0. The first-order chi connectivity index (χ1) is 15.3. The van der Waals surface area contributed by atoms with Gasteiger partial charge in [0.2, 0.25) is 0 Å². The Hall–Kier alpha value is -1.65. The molecule has 2 aliphatic heterocycles. The van der Waals surface area contributed by atoms with Crippen molar-refractivity contribution in [3.63, 3.8) is 0 Å². The zero-order chi connectivity index (χ0) is 23.3. The fraction of sp³-hybridized carbons (Fsp3) is 0.583. The molecular formula is C24H31IO7. The van der Waals surface area contributed by atoms with Crippen LogP contribution in [0.15, 0.2) is 36.6 Å². The van der Waals surface area contributed by atoms with Gasteiger partial charge in [0.05, 0.1) is 41.8 Å². The number of rotatable bonds is 10. The first-order valence-electron chi connectivity index (χ1n) is 11.0. The van der Waals surface area contributed by atoms with Gasteiger partial charge in [-0.1, -0.05) is 48.2 Å². The number of carbonyl (C=O) groups is 2. The van der Waals surface area contributed by atoms with Crippen molar-refractivity contribution in [3.05, 3.63) is 47.7 Å². The number of carbonyl (C=O) groups excluding carboxylic acids is 1. The molecule has 1 aromatic rings. The number of allylic oxidation sites excluding steroid dienone is 1. The van der Waals surface area contributed by atoms with Gasteiger partial charge in [-0.15, -0.1) is 0 Å². The number of aromatic carboxylic acids is 1. The fourth-order valence-corrected chi connectivity index (χ4v) is 5.53. The van der Waals surface area contributed by atoms with Crippen molar-refractivity contribution in [1.29, 1.82) is 0 Å². The Kier molecular flexibility index (Phi) is 8.57. The first kappa shape index (κ1) is 25.0. The minimum atomic E-state index is -1.15. The van der Waals surface area contributed by atoms with E-state index in [1.54, 1.807) is 12.1 Å². The second-order valence-electron chi connectivity index (χ2n) is 8.72. The normalized spacial score (nSPS) is 28.0. The van der Waals surface area contributed by atoms with Crippen LogP contribution in [0, 0.1) is 5.92 Å². The highest BCUT2D eigenvalue weighted by Crippen LogP contribution is 2.45. The Balaban J connectivity index is 1.48. The maximum atomic E-state index is 12.3. The summed E-state index contributed by atoms with van der Waals surface area (Å²) in [6.07, 6.45) is 4.89. The van der Waals surface area contributed by atoms with Crippen molar-refractivity contribution in [1.82, 2.24) is 0 Å². The Bertz CT molecular complexity index is 841. The summed E-state index contributed by atoms with van der Waals surface area (Å²) >= 11 is 2.36. The molecular weight excluding hydrogens is 527 g/mol. The van der Waals surface area contributed by atoms with Gasteiger partial charge in [-0.05, 0) is 44.2 Å².